The SMILES string of the molecule is C=C(C)C(NCCC)c1ccccn1. The molecule has 14 heavy (non-hydrogen) atoms. The van der Waals surface area contributed by atoms with E-state index in [2.05, 4.69) is 23.8 Å². The zero-order valence-electron chi connectivity index (χ0n) is 8.96. The van der Waals surface area contributed by atoms with Gasteiger partial charge in [0.2, 0.25) is 0 Å². The first-order chi connectivity index (χ1) is 6.75. The Kier molecular flexibility index (Phi) is 4.33. The minimum atomic E-state index is 0.191. The summed E-state index contributed by atoms with van der Waals surface area (Å²) in [6.45, 7) is 9.16. The van der Waals surface area contributed by atoms with Crippen LogP contribution in [0.2, 0.25) is 0 Å². The van der Waals surface area contributed by atoms with Crippen molar-refractivity contribution in [3.05, 3.63) is 42.2 Å². The molecule has 0 radical (unpaired) electrons. The molecule has 1 rings (SSSR count). The Morgan fingerprint density at radius 1 is 1.57 bits per heavy atom. The van der Waals surface area contributed by atoms with E-state index in [-0.39, 0.29) is 6.04 Å². The van der Waals surface area contributed by atoms with Crippen molar-refractivity contribution < 1.29 is 0 Å². The van der Waals surface area contributed by atoms with Gasteiger partial charge in [0.05, 0.1) is 11.7 Å². The number of hydrogen-bond acceptors (Lipinski definition) is 2. The van der Waals surface area contributed by atoms with E-state index in [0.717, 1.165) is 24.2 Å². The third-order valence-corrected chi connectivity index (χ3v) is 2.07. The van der Waals surface area contributed by atoms with E-state index in [1.807, 2.05) is 31.3 Å². The number of hydrogen-bond donors (Lipinski definition) is 1. The fraction of sp³-hybridized carbons (Fsp3) is 0.417. The Morgan fingerprint density at radius 2 is 2.36 bits per heavy atom. The Hall–Kier alpha value is -1.15. The van der Waals surface area contributed by atoms with Crippen molar-refractivity contribution in [1.82, 2.24) is 10.3 Å². The fourth-order valence-electron chi connectivity index (χ4n) is 1.37. The second kappa shape index (κ2) is 5.55. The Labute approximate surface area is 86.1 Å². The molecule has 0 fully saturated rings. The summed E-state index contributed by atoms with van der Waals surface area (Å²) in [5.41, 5.74) is 2.16. The van der Waals surface area contributed by atoms with Gasteiger partial charge in [0.15, 0.2) is 0 Å². The molecule has 0 spiro atoms. The maximum absolute atomic E-state index is 4.33. The highest BCUT2D eigenvalue weighted by Gasteiger charge is 2.11. The molecular formula is C12H18N2. The van der Waals surface area contributed by atoms with E-state index in [9.17, 15) is 0 Å². The van der Waals surface area contributed by atoms with Crippen molar-refractivity contribution in [2.24, 2.45) is 0 Å². The van der Waals surface area contributed by atoms with Crippen molar-refractivity contribution in [2.45, 2.75) is 26.3 Å². The molecule has 1 aromatic heterocycles. The summed E-state index contributed by atoms with van der Waals surface area (Å²) in [7, 11) is 0. The van der Waals surface area contributed by atoms with Gasteiger partial charge in [0.1, 0.15) is 0 Å². The Bertz CT molecular complexity index is 280. The van der Waals surface area contributed by atoms with Crippen LogP contribution in [0, 0.1) is 0 Å². The lowest BCUT2D eigenvalue weighted by atomic mass is 10.1. The summed E-state index contributed by atoms with van der Waals surface area (Å²) in [4.78, 5) is 4.33. The number of aromatic nitrogens is 1. The number of rotatable bonds is 5. The fourth-order valence-corrected chi connectivity index (χ4v) is 1.37. The van der Waals surface area contributed by atoms with E-state index in [1.165, 1.54) is 0 Å². The molecule has 0 bridgehead atoms. The van der Waals surface area contributed by atoms with Gasteiger partial charge < -0.3 is 5.32 Å². The molecule has 0 aliphatic carbocycles. The average molecular weight is 190 g/mol. The third-order valence-electron chi connectivity index (χ3n) is 2.07. The van der Waals surface area contributed by atoms with E-state index in [1.54, 1.807) is 0 Å². The first-order valence-corrected chi connectivity index (χ1v) is 5.05. The van der Waals surface area contributed by atoms with Crippen LogP contribution in [0.25, 0.3) is 0 Å². The van der Waals surface area contributed by atoms with Crippen molar-refractivity contribution in [1.29, 1.82) is 0 Å². The van der Waals surface area contributed by atoms with Crippen LogP contribution in [0.4, 0.5) is 0 Å². The summed E-state index contributed by atoms with van der Waals surface area (Å²) in [6.07, 6.45) is 2.94. The van der Waals surface area contributed by atoms with Gasteiger partial charge in [-0.15, -0.1) is 0 Å². The smallest absolute Gasteiger partial charge is 0.0705 e. The van der Waals surface area contributed by atoms with E-state index in [4.69, 9.17) is 0 Å². The molecule has 1 unspecified atom stereocenters. The molecule has 0 saturated carbocycles. The monoisotopic (exact) mass is 190 g/mol. The predicted octanol–water partition coefficient (Wildman–Crippen LogP) is 2.70. The lowest BCUT2D eigenvalue weighted by molar-refractivity contribution is 0.579. The number of pyridine rings is 1. The molecular weight excluding hydrogens is 172 g/mol. The van der Waals surface area contributed by atoms with Gasteiger partial charge in [0.25, 0.3) is 0 Å². The van der Waals surface area contributed by atoms with Crippen LogP contribution in [-0.4, -0.2) is 11.5 Å². The summed E-state index contributed by atoms with van der Waals surface area (Å²) < 4.78 is 0. The quantitative estimate of drug-likeness (QED) is 0.722. The molecule has 1 aromatic rings. The van der Waals surface area contributed by atoms with E-state index >= 15 is 0 Å². The minimum Gasteiger partial charge on any atom is -0.305 e. The van der Waals surface area contributed by atoms with E-state index in [0.29, 0.717) is 0 Å². The Balaban J connectivity index is 2.73. The highest BCUT2D eigenvalue weighted by Crippen LogP contribution is 2.16. The lowest BCUT2D eigenvalue weighted by Gasteiger charge is -2.17. The average Bonchev–Trinajstić information content (AvgIpc) is 2.19. The normalized spacial score (nSPS) is 12.4. The number of nitrogens with one attached hydrogen (secondary N) is 1. The third kappa shape index (κ3) is 2.96. The maximum atomic E-state index is 4.33. The van der Waals surface area contributed by atoms with Crippen LogP contribution < -0.4 is 5.32 Å². The summed E-state index contributed by atoms with van der Waals surface area (Å²) in [5, 5.41) is 3.42. The number of nitrogens with zero attached hydrogens (tertiary/aromatic N) is 1. The molecule has 76 valence electrons. The summed E-state index contributed by atoms with van der Waals surface area (Å²) >= 11 is 0. The van der Waals surface area contributed by atoms with Gasteiger partial charge >= 0.3 is 0 Å². The predicted molar refractivity (Wildman–Crippen MR) is 60.1 cm³/mol. The molecule has 2 nitrogen and oxygen atoms in total. The summed E-state index contributed by atoms with van der Waals surface area (Å²) in [6, 6.07) is 6.16. The van der Waals surface area contributed by atoms with Crippen LogP contribution in [0.1, 0.15) is 32.0 Å². The molecule has 0 aliphatic heterocycles. The molecule has 0 saturated heterocycles. The van der Waals surface area contributed by atoms with Crippen LogP contribution in [0.5, 0.6) is 0 Å². The van der Waals surface area contributed by atoms with Gasteiger partial charge in [-0.25, -0.2) is 0 Å². The minimum absolute atomic E-state index is 0.191. The molecule has 1 N–H and O–H groups in total. The van der Waals surface area contributed by atoms with Gasteiger partial charge in [0, 0.05) is 6.20 Å². The van der Waals surface area contributed by atoms with Crippen LogP contribution in [0.15, 0.2) is 36.5 Å². The van der Waals surface area contributed by atoms with Gasteiger partial charge in [-0.3, -0.25) is 4.98 Å². The van der Waals surface area contributed by atoms with Crippen LogP contribution in [0.3, 0.4) is 0 Å². The molecule has 2 heteroatoms. The second-order valence-corrected chi connectivity index (χ2v) is 3.49. The molecule has 0 aliphatic rings. The first kappa shape index (κ1) is 10.9. The molecule has 1 heterocycles. The van der Waals surface area contributed by atoms with Crippen molar-refractivity contribution >= 4 is 0 Å². The van der Waals surface area contributed by atoms with Crippen molar-refractivity contribution in [3.63, 3.8) is 0 Å². The lowest BCUT2D eigenvalue weighted by Crippen LogP contribution is -2.23. The highest BCUT2D eigenvalue weighted by molar-refractivity contribution is 5.18. The highest BCUT2D eigenvalue weighted by atomic mass is 14.9. The van der Waals surface area contributed by atoms with Gasteiger partial charge in [-0.05, 0) is 32.0 Å². The molecule has 0 aromatic carbocycles. The maximum Gasteiger partial charge on any atom is 0.0705 e. The zero-order chi connectivity index (χ0) is 10.4. The van der Waals surface area contributed by atoms with Gasteiger partial charge in [-0.1, -0.05) is 25.1 Å². The first-order valence-electron chi connectivity index (χ1n) is 5.05. The second-order valence-electron chi connectivity index (χ2n) is 3.49. The van der Waals surface area contributed by atoms with E-state index < -0.39 is 0 Å². The zero-order valence-corrected chi connectivity index (χ0v) is 8.96. The van der Waals surface area contributed by atoms with Crippen molar-refractivity contribution in [3.8, 4) is 0 Å². The van der Waals surface area contributed by atoms with Crippen molar-refractivity contribution in [2.75, 3.05) is 6.54 Å². The van der Waals surface area contributed by atoms with Crippen LogP contribution in [-0.2, 0) is 0 Å². The summed E-state index contributed by atoms with van der Waals surface area (Å²) in [5.74, 6) is 0. The van der Waals surface area contributed by atoms with Gasteiger partial charge in [-0.2, -0.15) is 0 Å². The Morgan fingerprint density at radius 3 is 2.86 bits per heavy atom. The molecule has 0 amide bonds. The topological polar surface area (TPSA) is 24.9 Å². The largest absolute Gasteiger partial charge is 0.305 e. The standard InChI is InChI=1S/C12H18N2/c1-4-8-14-12(10(2)3)11-7-5-6-9-13-11/h5-7,9,12,14H,2,4,8H2,1,3H3. The molecule has 1 atom stereocenters. The van der Waals surface area contributed by atoms with Crippen LogP contribution >= 0.6 is 0 Å².